The molecule has 2 aliphatic heterocycles. The van der Waals surface area contributed by atoms with Gasteiger partial charge in [-0.2, -0.15) is 0 Å². The van der Waals surface area contributed by atoms with Crippen molar-refractivity contribution in [3.05, 3.63) is 59.9 Å². The number of hydrogen-bond donors (Lipinski definition) is 2. The van der Waals surface area contributed by atoms with Crippen LogP contribution >= 0.6 is 0 Å². The summed E-state index contributed by atoms with van der Waals surface area (Å²) in [7, 11) is 0. The number of aliphatic hydroxyl groups excluding tert-OH is 1. The minimum atomic E-state index is -1.39. The Morgan fingerprint density at radius 2 is 1.74 bits per heavy atom. The zero-order valence-electron chi connectivity index (χ0n) is 19.9. The zero-order valence-corrected chi connectivity index (χ0v) is 19.9. The van der Waals surface area contributed by atoms with Gasteiger partial charge in [-0.05, 0) is 80.7 Å². The molecule has 0 spiro atoms. The van der Waals surface area contributed by atoms with Crippen molar-refractivity contribution >= 4 is 0 Å². The van der Waals surface area contributed by atoms with Gasteiger partial charge in [0.1, 0.15) is 29.5 Å². The highest BCUT2D eigenvalue weighted by atomic mass is 19.1. The van der Waals surface area contributed by atoms with Gasteiger partial charge in [0.2, 0.25) is 0 Å². The fraction of sp³-hybridized carbons (Fsp3) is 0.556. The lowest BCUT2D eigenvalue weighted by molar-refractivity contribution is -0.140. The summed E-state index contributed by atoms with van der Waals surface area (Å²) in [6, 6.07) is 13.7. The minimum Gasteiger partial charge on any atom is -0.494 e. The van der Waals surface area contributed by atoms with Crippen molar-refractivity contribution in [3.63, 3.8) is 0 Å². The lowest BCUT2D eigenvalue weighted by atomic mass is 9.90. The van der Waals surface area contributed by atoms with Crippen LogP contribution in [-0.2, 0) is 6.54 Å². The van der Waals surface area contributed by atoms with Crippen molar-refractivity contribution in [1.82, 2.24) is 9.80 Å². The highest BCUT2D eigenvalue weighted by molar-refractivity contribution is 5.28. The Bertz CT molecular complexity index is 890. The summed E-state index contributed by atoms with van der Waals surface area (Å²) in [5.74, 6) is 0.982. The third-order valence-corrected chi connectivity index (χ3v) is 6.78. The Kier molecular flexibility index (Phi) is 8.78. The van der Waals surface area contributed by atoms with Crippen LogP contribution in [0, 0.1) is 5.82 Å². The van der Waals surface area contributed by atoms with E-state index in [4.69, 9.17) is 9.47 Å². The van der Waals surface area contributed by atoms with Crippen molar-refractivity contribution in [2.24, 2.45) is 0 Å². The normalized spacial score (nSPS) is 24.1. The molecular weight excluding hydrogens is 435 g/mol. The van der Waals surface area contributed by atoms with Gasteiger partial charge >= 0.3 is 0 Å². The topological polar surface area (TPSA) is 65.4 Å². The van der Waals surface area contributed by atoms with Crippen molar-refractivity contribution < 1.29 is 24.1 Å². The SMILES string of the molecule is O[C@H]1CCN(Cc2cccc(OCCCN3CCCCC3)c2)C[C@]1(O)COc1ccc(F)cc1. The predicted molar refractivity (Wildman–Crippen MR) is 130 cm³/mol. The van der Waals surface area contributed by atoms with E-state index < -0.39 is 11.7 Å². The second-order valence-electron chi connectivity index (χ2n) is 9.61. The van der Waals surface area contributed by atoms with Gasteiger partial charge in [0.05, 0.1) is 12.7 Å². The van der Waals surface area contributed by atoms with Gasteiger partial charge in [0.15, 0.2) is 0 Å². The molecule has 4 rings (SSSR count). The molecule has 0 amide bonds. The number of aliphatic hydroxyl groups is 2. The monoisotopic (exact) mass is 472 g/mol. The number of benzene rings is 2. The number of nitrogens with zero attached hydrogens (tertiary/aromatic N) is 2. The largest absolute Gasteiger partial charge is 0.494 e. The molecule has 2 atom stereocenters. The predicted octanol–water partition coefficient (Wildman–Crippen LogP) is 3.46. The number of hydrogen-bond acceptors (Lipinski definition) is 6. The fourth-order valence-corrected chi connectivity index (χ4v) is 4.81. The molecule has 186 valence electrons. The highest BCUT2D eigenvalue weighted by Gasteiger charge is 2.42. The highest BCUT2D eigenvalue weighted by Crippen LogP contribution is 2.26. The first kappa shape index (κ1) is 24.9. The Labute approximate surface area is 201 Å². The Morgan fingerprint density at radius 1 is 0.941 bits per heavy atom. The van der Waals surface area contributed by atoms with Gasteiger partial charge in [0, 0.05) is 26.2 Å². The summed E-state index contributed by atoms with van der Waals surface area (Å²) >= 11 is 0. The standard InChI is InChI=1S/C27H37FN2O4/c28-23-8-10-24(11-9-23)34-21-27(32)20-30(16-12-26(27)31)19-22-6-4-7-25(18-22)33-17-5-15-29-13-2-1-3-14-29/h4,6-11,18,26,31-32H,1-3,5,12-17,19-21H2/t26-,27-/m0/s1. The number of piperidine rings is 2. The van der Waals surface area contributed by atoms with E-state index in [2.05, 4.69) is 21.9 Å². The quantitative estimate of drug-likeness (QED) is 0.517. The van der Waals surface area contributed by atoms with E-state index in [-0.39, 0.29) is 19.0 Å². The number of ether oxygens (including phenoxy) is 2. The lowest BCUT2D eigenvalue weighted by Crippen LogP contribution is -2.59. The van der Waals surface area contributed by atoms with Gasteiger partial charge in [-0.25, -0.2) is 4.39 Å². The lowest BCUT2D eigenvalue weighted by Gasteiger charge is -2.42. The first-order valence-corrected chi connectivity index (χ1v) is 12.5. The summed E-state index contributed by atoms with van der Waals surface area (Å²) in [6.45, 7) is 5.78. The summed E-state index contributed by atoms with van der Waals surface area (Å²) < 4.78 is 24.8. The number of rotatable bonds is 10. The third kappa shape index (κ3) is 7.15. The molecule has 0 unspecified atom stereocenters. The average Bonchev–Trinajstić information content (AvgIpc) is 2.85. The second kappa shape index (κ2) is 12.0. The van der Waals surface area contributed by atoms with E-state index in [1.54, 1.807) is 0 Å². The van der Waals surface area contributed by atoms with Crippen LogP contribution in [0.2, 0.25) is 0 Å². The van der Waals surface area contributed by atoms with Gasteiger partial charge < -0.3 is 24.6 Å². The van der Waals surface area contributed by atoms with E-state index in [0.29, 0.717) is 31.9 Å². The molecule has 2 aromatic carbocycles. The molecule has 2 N–H and O–H groups in total. The number of likely N-dealkylation sites (tertiary alicyclic amines) is 2. The summed E-state index contributed by atoms with van der Waals surface area (Å²) in [4.78, 5) is 4.64. The number of β-amino-alcohol motifs (C(OH)–C–C–N with tert-alkyl or cyclic N) is 1. The average molecular weight is 473 g/mol. The molecule has 2 aliphatic rings. The fourth-order valence-electron chi connectivity index (χ4n) is 4.81. The zero-order chi connectivity index (χ0) is 23.8. The molecule has 7 heteroatoms. The molecule has 2 heterocycles. The molecule has 6 nitrogen and oxygen atoms in total. The van der Waals surface area contributed by atoms with Crippen LogP contribution in [-0.4, -0.2) is 77.7 Å². The third-order valence-electron chi connectivity index (χ3n) is 6.78. The summed E-state index contributed by atoms with van der Waals surface area (Å²) in [6.07, 6.45) is 4.58. The molecule has 0 aliphatic carbocycles. The maximum atomic E-state index is 13.1. The summed E-state index contributed by atoms with van der Waals surface area (Å²) in [5, 5.41) is 21.5. The van der Waals surface area contributed by atoms with Crippen LogP contribution in [0.3, 0.4) is 0 Å². The van der Waals surface area contributed by atoms with Gasteiger partial charge in [-0.3, -0.25) is 4.90 Å². The van der Waals surface area contributed by atoms with Crippen LogP contribution in [0.5, 0.6) is 11.5 Å². The van der Waals surface area contributed by atoms with E-state index in [9.17, 15) is 14.6 Å². The van der Waals surface area contributed by atoms with Crippen molar-refractivity contribution in [2.45, 2.75) is 50.4 Å². The molecule has 2 saturated heterocycles. The van der Waals surface area contributed by atoms with Crippen molar-refractivity contribution in [2.75, 3.05) is 45.9 Å². The van der Waals surface area contributed by atoms with Crippen LogP contribution in [0.4, 0.5) is 4.39 Å². The first-order chi connectivity index (χ1) is 16.5. The van der Waals surface area contributed by atoms with Crippen LogP contribution in [0.15, 0.2) is 48.5 Å². The van der Waals surface area contributed by atoms with Crippen LogP contribution in [0.1, 0.15) is 37.7 Å². The first-order valence-electron chi connectivity index (χ1n) is 12.5. The maximum absolute atomic E-state index is 13.1. The van der Waals surface area contributed by atoms with Gasteiger partial charge in [-0.15, -0.1) is 0 Å². The summed E-state index contributed by atoms with van der Waals surface area (Å²) in [5.41, 5.74) is -0.290. The molecule has 0 radical (unpaired) electrons. The molecule has 0 aromatic heterocycles. The molecule has 34 heavy (non-hydrogen) atoms. The number of halogens is 1. The van der Waals surface area contributed by atoms with E-state index >= 15 is 0 Å². The van der Waals surface area contributed by atoms with Crippen molar-refractivity contribution in [1.29, 1.82) is 0 Å². The molecule has 2 fully saturated rings. The minimum absolute atomic E-state index is 0.0591. The molecular formula is C27H37FN2O4. The smallest absolute Gasteiger partial charge is 0.137 e. The van der Waals surface area contributed by atoms with E-state index in [1.165, 1.54) is 56.6 Å². The molecule has 0 saturated carbocycles. The van der Waals surface area contributed by atoms with Crippen LogP contribution < -0.4 is 9.47 Å². The van der Waals surface area contributed by atoms with Gasteiger partial charge in [0.25, 0.3) is 0 Å². The molecule has 0 bridgehead atoms. The van der Waals surface area contributed by atoms with Crippen LogP contribution in [0.25, 0.3) is 0 Å². The second-order valence-corrected chi connectivity index (χ2v) is 9.61. The molecule has 2 aromatic rings. The van der Waals surface area contributed by atoms with Gasteiger partial charge in [-0.1, -0.05) is 18.6 Å². The van der Waals surface area contributed by atoms with E-state index in [0.717, 1.165) is 24.3 Å². The Balaban J connectivity index is 1.25. The van der Waals surface area contributed by atoms with E-state index in [1.807, 2.05) is 12.1 Å². The Hall–Kier alpha value is -2.19. The van der Waals surface area contributed by atoms with Crippen molar-refractivity contribution in [3.8, 4) is 11.5 Å². The Morgan fingerprint density at radius 3 is 2.53 bits per heavy atom. The maximum Gasteiger partial charge on any atom is 0.137 e.